The summed E-state index contributed by atoms with van der Waals surface area (Å²) in [5.41, 5.74) is 2.63. The number of ether oxygens (including phenoxy) is 1. The Bertz CT molecular complexity index is 447. The Morgan fingerprint density at radius 2 is 2.27 bits per heavy atom. The first kappa shape index (κ1) is 9.91. The average Bonchev–Trinajstić information content (AvgIpc) is 2.76. The van der Waals surface area contributed by atoms with E-state index in [4.69, 9.17) is 21.4 Å². The molecule has 0 amide bonds. The number of hydrogen-bond donors (Lipinski definition) is 2. The normalized spacial score (nSPS) is 14.7. The summed E-state index contributed by atoms with van der Waals surface area (Å²) in [6, 6.07) is 0. The second-order valence-corrected chi connectivity index (χ2v) is 3.37. The van der Waals surface area contributed by atoms with Crippen LogP contribution in [0.3, 0.4) is 0 Å². The maximum Gasteiger partial charge on any atom is 0.284 e. The highest BCUT2D eigenvalue weighted by molar-refractivity contribution is 7.71. The van der Waals surface area contributed by atoms with Crippen LogP contribution in [0, 0.1) is 4.84 Å². The Hall–Kier alpha value is -1.63. The molecule has 0 radical (unpaired) electrons. The standard InChI is InChI=1S/C8H10N4O2S/c1-5-9-10-6(13-5)3-2-4-7-11-12-8(15)14-7/h9H,1-4H2,(H,12,15). The highest BCUT2D eigenvalue weighted by Crippen LogP contribution is 2.08. The molecule has 0 saturated carbocycles. The van der Waals surface area contributed by atoms with Crippen LogP contribution in [0.25, 0.3) is 0 Å². The number of hydrazone groups is 1. The van der Waals surface area contributed by atoms with Crippen LogP contribution in [0.1, 0.15) is 18.7 Å². The summed E-state index contributed by atoms with van der Waals surface area (Å²) in [7, 11) is 0. The zero-order valence-corrected chi connectivity index (χ0v) is 8.76. The molecule has 2 rings (SSSR count). The molecule has 0 saturated heterocycles. The van der Waals surface area contributed by atoms with Crippen LogP contribution in [0.2, 0.25) is 0 Å². The minimum absolute atomic E-state index is 0.300. The van der Waals surface area contributed by atoms with Crippen LogP contribution in [-0.4, -0.2) is 16.1 Å². The van der Waals surface area contributed by atoms with Gasteiger partial charge in [0.05, 0.1) is 0 Å². The molecule has 1 aromatic heterocycles. The Morgan fingerprint density at radius 3 is 2.87 bits per heavy atom. The fraction of sp³-hybridized carbons (Fsp3) is 0.375. The summed E-state index contributed by atoms with van der Waals surface area (Å²) in [6.45, 7) is 3.58. The van der Waals surface area contributed by atoms with Crippen molar-refractivity contribution in [3.8, 4) is 0 Å². The molecule has 15 heavy (non-hydrogen) atoms. The number of nitrogens with zero attached hydrogens (tertiary/aromatic N) is 2. The van der Waals surface area contributed by atoms with Crippen molar-refractivity contribution in [2.45, 2.75) is 19.3 Å². The summed E-state index contributed by atoms with van der Waals surface area (Å²) in [5, 5.41) is 10.4. The summed E-state index contributed by atoms with van der Waals surface area (Å²) in [5.74, 6) is 1.70. The molecule has 0 atom stereocenters. The zero-order valence-electron chi connectivity index (χ0n) is 7.95. The largest absolute Gasteiger partial charge is 0.424 e. The SMILES string of the molecule is C=C1NN=C(CCCc2n[nH]c(=S)o2)O1. The van der Waals surface area contributed by atoms with Gasteiger partial charge in [-0.3, -0.25) is 0 Å². The van der Waals surface area contributed by atoms with Crippen LogP contribution in [0.5, 0.6) is 0 Å². The van der Waals surface area contributed by atoms with Crippen molar-refractivity contribution in [2.75, 3.05) is 0 Å². The van der Waals surface area contributed by atoms with Gasteiger partial charge in [-0.15, -0.1) is 10.2 Å². The lowest BCUT2D eigenvalue weighted by Gasteiger charge is -1.97. The van der Waals surface area contributed by atoms with Crippen molar-refractivity contribution in [3.63, 3.8) is 0 Å². The average molecular weight is 226 g/mol. The van der Waals surface area contributed by atoms with Gasteiger partial charge in [-0.25, -0.2) is 10.5 Å². The van der Waals surface area contributed by atoms with E-state index in [1.165, 1.54) is 0 Å². The van der Waals surface area contributed by atoms with Crippen molar-refractivity contribution >= 4 is 18.1 Å². The summed E-state index contributed by atoms with van der Waals surface area (Å²) in [4.78, 5) is 0.300. The molecule has 0 aliphatic carbocycles. The molecule has 1 aliphatic rings. The Kier molecular flexibility index (Phi) is 2.82. The molecular formula is C8H10N4O2S. The predicted molar refractivity (Wildman–Crippen MR) is 55.4 cm³/mol. The number of H-pyrrole nitrogens is 1. The third-order valence-corrected chi connectivity index (χ3v) is 1.98. The zero-order chi connectivity index (χ0) is 10.7. The molecule has 0 unspecified atom stereocenters. The number of rotatable bonds is 4. The minimum Gasteiger partial charge on any atom is -0.424 e. The first-order valence-corrected chi connectivity index (χ1v) is 4.88. The van der Waals surface area contributed by atoms with Crippen LogP contribution in [-0.2, 0) is 11.2 Å². The van der Waals surface area contributed by atoms with Crippen LogP contribution < -0.4 is 5.43 Å². The van der Waals surface area contributed by atoms with Crippen LogP contribution >= 0.6 is 12.2 Å². The Balaban J connectivity index is 1.76. The highest BCUT2D eigenvalue weighted by Gasteiger charge is 2.10. The topological polar surface area (TPSA) is 75.4 Å². The molecule has 1 aliphatic heterocycles. The molecule has 0 bridgehead atoms. The van der Waals surface area contributed by atoms with Gasteiger partial charge >= 0.3 is 0 Å². The molecule has 2 heterocycles. The molecule has 6 nitrogen and oxygen atoms in total. The predicted octanol–water partition coefficient (Wildman–Crippen LogP) is 1.46. The van der Waals surface area contributed by atoms with Crippen molar-refractivity contribution in [3.05, 3.63) is 23.2 Å². The molecule has 0 fully saturated rings. The first-order chi connectivity index (χ1) is 7.24. The molecular weight excluding hydrogens is 216 g/mol. The fourth-order valence-electron chi connectivity index (χ4n) is 1.18. The number of nitrogens with one attached hydrogen (secondary N) is 2. The van der Waals surface area contributed by atoms with Crippen molar-refractivity contribution < 1.29 is 9.15 Å². The van der Waals surface area contributed by atoms with Crippen molar-refractivity contribution in [1.29, 1.82) is 0 Å². The lowest BCUT2D eigenvalue weighted by atomic mass is 10.2. The van der Waals surface area contributed by atoms with E-state index in [1.807, 2.05) is 0 Å². The third-order valence-electron chi connectivity index (χ3n) is 1.81. The maximum absolute atomic E-state index is 5.17. The number of aryl methyl sites for hydroxylation is 1. The molecule has 0 spiro atoms. The molecule has 7 heteroatoms. The summed E-state index contributed by atoms with van der Waals surface area (Å²) < 4.78 is 10.3. The lowest BCUT2D eigenvalue weighted by Crippen LogP contribution is -1.99. The quantitative estimate of drug-likeness (QED) is 0.760. The number of hydrogen-bond acceptors (Lipinski definition) is 6. The van der Waals surface area contributed by atoms with E-state index in [2.05, 4.69) is 27.3 Å². The van der Waals surface area contributed by atoms with Gasteiger partial charge in [0.25, 0.3) is 4.84 Å². The van der Waals surface area contributed by atoms with E-state index in [0.29, 0.717) is 35.4 Å². The second kappa shape index (κ2) is 4.26. The van der Waals surface area contributed by atoms with Gasteiger partial charge in [-0.2, -0.15) is 0 Å². The van der Waals surface area contributed by atoms with Crippen LogP contribution in [0.4, 0.5) is 0 Å². The van der Waals surface area contributed by atoms with Gasteiger partial charge in [0.15, 0.2) is 0 Å². The van der Waals surface area contributed by atoms with Gasteiger partial charge in [-0.05, 0) is 25.2 Å². The number of aromatic amines is 1. The third kappa shape index (κ3) is 2.66. The molecule has 80 valence electrons. The van der Waals surface area contributed by atoms with Crippen LogP contribution in [0.15, 0.2) is 22.0 Å². The first-order valence-electron chi connectivity index (χ1n) is 4.48. The molecule has 1 aromatic rings. The van der Waals surface area contributed by atoms with Gasteiger partial charge in [0.2, 0.25) is 17.7 Å². The van der Waals surface area contributed by atoms with E-state index in [9.17, 15) is 0 Å². The van der Waals surface area contributed by atoms with E-state index in [1.54, 1.807) is 0 Å². The minimum atomic E-state index is 0.300. The number of aromatic nitrogens is 2. The Labute approximate surface area is 91.0 Å². The summed E-state index contributed by atoms with van der Waals surface area (Å²) >= 11 is 4.75. The monoisotopic (exact) mass is 226 g/mol. The fourth-order valence-corrected chi connectivity index (χ4v) is 1.32. The maximum atomic E-state index is 5.17. The van der Waals surface area contributed by atoms with E-state index in [0.717, 1.165) is 6.42 Å². The molecule has 2 N–H and O–H groups in total. The van der Waals surface area contributed by atoms with E-state index < -0.39 is 0 Å². The lowest BCUT2D eigenvalue weighted by molar-refractivity contribution is 0.404. The second-order valence-electron chi connectivity index (χ2n) is 3.00. The van der Waals surface area contributed by atoms with Crippen molar-refractivity contribution in [2.24, 2.45) is 5.10 Å². The van der Waals surface area contributed by atoms with E-state index >= 15 is 0 Å². The molecule has 0 aromatic carbocycles. The van der Waals surface area contributed by atoms with Gasteiger partial charge in [-0.1, -0.05) is 0 Å². The van der Waals surface area contributed by atoms with E-state index in [-0.39, 0.29) is 0 Å². The van der Waals surface area contributed by atoms with Crippen molar-refractivity contribution in [1.82, 2.24) is 15.6 Å². The smallest absolute Gasteiger partial charge is 0.284 e. The Morgan fingerprint density at radius 1 is 1.40 bits per heavy atom. The van der Waals surface area contributed by atoms with Gasteiger partial charge in [0, 0.05) is 12.8 Å². The van der Waals surface area contributed by atoms with Gasteiger partial charge in [0.1, 0.15) is 0 Å². The van der Waals surface area contributed by atoms with Gasteiger partial charge < -0.3 is 9.15 Å². The summed E-state index contributed by atoms with van der Waals surface area (Å²) in [6.07, 6.45) is 2.24. The highest BCUT2D eigenvalue weighted by atomic mass is 32.1.